The Hall–Kier alpha value is -1.16. The molecule has 0 radical (unpaired) electrons. The number of aromatic nitrogens is 2. The molecule has 1 saturated heterocycles. The molecule has 1 aliphatic heterocycles. The molecule has 98 valence electrons. The zero-order chi connectivity index (χ0) is 12.4. The zero-order valence-corrected chi connectivity index (χ0v) is 11.1. The minimum absolute atomic E-state index is 0.594. The highest BCUT2D eigenvalue weighted by Gasteiger charge is 2.27. The first-order valence-electron chi connectivity index (χ1n) is 7.13. The molecule has 4 heteroatoms. The highest BCUT2D eigenvalue weighted by molar-refractivity contribution is 5.39. The maximum Gasteiger partial charge on any atom is 0.151 e. The minimum Gasteiger partial charge on any atom is -0.351 e. The van der Waals surface area contributed by atoms with E-state index in [1.807, 2.05) is 6.92 Å². The number of piperidine rings is 1. The van der Waals surface area contributed by atoms with Gasteiger partial charge >= 0.3 is 0 Å². The van der Waals surface area contributed by atoms with Gasteiger partial charge in [0, 0.05) is 25.2 Å². The summed E-state index contributed by atoms with van der Waals surface area (Å²) in [6.07, 6.45) is 6.60. The van der Waals surface area contributed by atoms with Crippen molar-refractivity contribution in [1.29, 1.82) is 0 Å². The second kappa shape index (κ2) is 5.22. The predicted octanol–water partition coefficient (Wildman–Crippen LogP) is 1.90. The van der Waals surface area contributed by atoms with Gasteiger partial charge in [-0.3, -0.25) is 0 Å². The van der Waals surface area contributed by atoms with E-state index in [9.17, 15) is 0 Å². The quantitative estimate of drug-likeness (QED) is 0.881. The van der Waals surface area contributed by atoms with Crippen LogP contribution in [0.4, 0.5) is 5.82 Å². The monoisotopic (exact) mass is 246 g/mol. The van der Waals surface area contributed by atoms with E-state index in [0.29, 0.717) is 6.04 Å². The lowest BCUT2D eigenvalue weighted by molar-refractivity contribution is 0.430. The standard InChI is InChI=1S/C14H22N4/c1-11-5-8-14(17-16-11)18-9-3-2-4-13(18)10-15-12-6-7-12/h5,8,12-13,15H,2-4,6-7,9-10H2,1H3. The summed E-state index contributed by atoms with van der Waals surface area (Å²) in [7, 11) is 0. The molecule has 2 aliphatic rings. The lowest BCUT2D eigenvalue weighted by Gasteiger charge is -2.36. The van der Waals surface area contributed by atoms with E-state index in [1.54, 1.807) is 0 Å². The molecule has 1 aromatic rings. The molecular formula is C14H22N4. The number of nitrogens with zero attached hydrogens (tertiary/aromatic N) is 3. The van der Waals surface area contributed by atoms with Crippen LogP contribution in [0, 0.1) is 6.92 Å². The van der Waals surface area contributed by atoms with E-state index in [4.69, 9.17) is 0 Å². The van der Waals surface area contributed by atoms with Crippen molar-refractivity contribution in [1.82, 2.24) is 15.5 Å². The largest absolute Gasteiger partial charge is 0.351 e. The van der Waals surface area contributed by atoms with Crippen molar-refractivity contribution in [2.45, 2.75) is 51.1 Å². The summed E-state index contributed by atoms with van der Waals surface area (Å²) in [5, 5.41) is 12.2. The van der Waals surface area contributed by atoms with Gasteiger partial charge in [0.25, 0.3) is 0 Å². The van der Waals surface area contributed by atoms with Gasteiger partial charge < -0.3 is 10.2 Å². The molecule has 1 saturated carbocycles. The Morgan fingerprint density at radius 1 is 1.22 bits per heavy atom. The molecule has 0 bridgehead atoms. The molecular weight excluding hydrogens is 224 g/mol. The number of hydrogen-bond acceptors (Lipinski definition) is 4. The Bertz CT molecular complexity index is 385. The van der Waals surface area contributed by atoms with Crippen molar-refractivity contribution in [3.63, 3.8) is 0 Å². The summed E-state index contributed by atoms with van der Waals surface area (Å²) in [5.41, 5.74) is 0.989. The van der Waals surface area contributed by atoms with Gasteiger partial charge in [-0.2, -0.15) is 5.10 Å². The third kappa shape index (κ3) is 2.80. The molecule has 1 atom stereocenters. The molecule has 1 aromatic heterocycles. The van der Waals surface area contributed by atoms with E-state index < -0.39 is 0 Å². The highest BCUT2D eigenvalue weighted by atomic mass is 15.3. The summed E-state index contributed by atoms with van der Waals surface area (Å²) in [6.45, 7) is 4.20. The molecule has 0 amide bonds. The van der Waals surface area contributed by atoms with Gasteiger partial charge in [0.2, 0.25) is 0 Å². The average Bonchev–Trinajstić information content (AvgIpc) is 3.22. The Balaban J connectivity index is 1.67. The van der Waals surface area contributed by atoms with Gasteiger partial charge in [-0.05, 0) is 51.2 Å². The topological polar surface area (TPSA) is 41.0 Å². The van der Waals surface area contributed by atoms with Crippen LogP contribution in [-0.4, -0.2) is 35.4 Å². The van der Waals surface area contributed by atoms with Crippen LogP contribution in [-0.2, 0) is 0 Å². The predicted molar refractivity (Wildman–Crippen MR) is 72.8 cm³/mol. The van der Waals surface area contributed by atoms with Crippen LogP contribution in [0.2, 0.25) is 0 Å². The van der Waals surface area contributed by atoms with Crippen LogP contribution in [0.25, 0.3) is 0 Å². The first-order chi connectivity index (χ1) is 8.83. The van der Waals surface area contributed by atoms with E-state index >= 15 is 0 Å². The second-order valence-electron chi connectivity index (χ2n) is 5.56. The van der Waals surface area contributed by atoms with Crippen LogP contribution in [0.15, 0.2) is 12.1 Å². The summed E-state index contributed by atoms with van der Waals surface area (Å²) >= 11 is 0. The Morgan fingerprint density at radius 2 is 2.11 bits per heavy atom. The first kappa shape index (κ1) is 11.9. The van der Waals surface area contributed by atoms with Crippen molar-refractivity contribution in [2.75, 3.05) is 18.0 Å². The molecule has 1 N–H and O–H groups in total. The maximum absolute atomic E-state index is 4.34. The van der Waals surface area contributed by atoms with Crippen LogP contribution >= 0.6 is 0 Å². The van der Waals surface area contributed by atoms with E-state index in [-0.39, 0.29) is 0 Å². The molecule has 3 rings (SSSR count). The Kier molecular flexibility index (Phi) is 3.46. The number of aryl methyl sites for hydroxylation is 1. The van der Waals surface area contributed by atoms with Gasteiger partial charge in [0.05, 0.1) is 5.69 Å². The summed E-state index contributed by atoms with van der Waals surface area (Å²) in [6, 6.07) is 5.55. The zero-order valence-electron chi connectivity index (χ0n) is 11.1. The second-order valence-corrected chi connectivity index (χ2v) is 5.56. The lowest BCUT2D eigenvalue weighted by atomic mass is 10.0. The van der Waals surface area contributed by atoms with E-state index in [2.05, 4.69) is 32.5 Å². The van der Waals surface area contributed by atoms with Gasteiger partial charge in [-0.1, -0.05) is 0 Å². The SMILES string of the molecule is Cc1ccc(N2CCCCC2CNC2CC2)nn1. The molecule has 1 unspecified atom stereocenters. The van der Waals surface area contributed by atoms with Crippen molar-refractivity contribution in [3.8, 4) is 0 Å². The third-order valence-electron chi connectivity index (χ3n) is 3.92. The minimum atomic E-state index is 0.594. The highest BCUT2D eigenvalue weighted by Crippen LogP contribution is 2.24. The Labute approximate surface area is 109 Å². The van der Waals surface area contributed by atoms with Crippen molar-refractivity contribution >= 4 is 5.82 Å². The fourth-order valence-electron chi connectivity index (χ4n) is 2.65. The van der Waals surface area contributed by atoms with Crippen LogP contribution in [0.5, 0.6) is 0 Å². The first-order valence-corrected chi connectivity index (χ1v) is 7.13. The van der Waals surface area contributed by atoms with Crippen molar-refractivity contribution in [3.05, 3.63) is 17.8 Å². The number of rotatable bonds is 4. The smallest absolute Gasteiger partial charge is 0.151 e. The molecule has 0 aromatic carbocycles. The van der Waals surface area contributed by atoms with Gasteiger partial charge in [0.15, 0.2) is 5.82 Å². The Morgan fingerprint density at radius 3 is 2.83 bits per heavy atom. The van der Waals surface area contributed by atoms with E-state index in [1.165, 1.54) is 32.1 Å². The van der Waals surface area contributed by atoms with Gasteiger partial charge in [-0.15, -0.1) is 5.10 Å². The summed E-state index contributed by atoms with van der Waals surface area (Å²) in [5.74, 6) is 1.04. The molecule has 1 aliphatic carbocycles. The normalized spacial score (nSPS) is 24.3. The number of anilines is 1. The molecule has 4 nitrogen and oxygen atoms in total. The van der Waals surface area contributed by atoms with Gasteiger partial charge in [0.1, 0.15) is 0 Å². The van der Waals surface area contributed by atoms with Crippen molar-refractivity contribution < 1.29 is 0 Å². The summed E-state index contributed by atoms with van der Waals surface area (Å²) in [4.78, 5) is 2.44. The van der Waals surface area contributed by atoms with Crippen LogP contribution in [0.3, 0.4) is 0 Å². The number of nitrogens with one attached hydrogen (secondary N) is 1. The molecule has 2 heterocycles. The van der Waals surface area contributed by atoms with Crippen molar-refractivity contribution in [2.24, 2.45) is 0 Å². The fourth-order valence-corrected chi connectivity index (χ4v) is 2.65. The lowest BCUT2D eigenvalue weighted by Crippen LogP contribution is -2.46. The number of hydrogen-bond donors (Lipinski definition) is 1. The third-order valence-corrected chi connectivity index (χ3v) is 3.92. The fraction of sp³-hybridized carbons (Fsp3) is 0.714. The average molecular weight is 246 g/mol. The van der Waals surface area contributed by atoms with Crippen LogP contribution in [0.1, 0.15) is 37.8 Å². The maximum atomic E-state index is 4.34. The molecule has 18 heavy (non-hydrogen) atoms. The molecule has 0 spiro atoms. The summed E-state index contributed by atoms with van der Waals surface area (Å²) < 4.78 is 0. The van der Waals surface area contributed by atoms with E-state index in [0.717, 1.165) is 30.6 Å². The van der Waals surface area contributed by atoms with Crippen LogP contribution < -0.4 is 10.2 Å². The molecule has 2 fully saturated rings. The van der Waals surface area contributed by atoms with Gasteiger partial charge in [-0.25, -0.2) is 0 Å².